The number of carbonyl (C=O) groups is 1. The average molecular weight is 408 g/mol. The molecule has 2 aromatic carbocycles. The number of ether oxygens (including phenoxy) is 2. The van der Waals surface area contributed by atoms with Gasteiger partial charge in [-0.25, -0.2) is 4.68 Å². The van der Waals surface area contributed by atoms with Gasteiger partial charge in [0.25, 0.3) is 5.91 Å². The predicted molar refractivity (Wildman–Crippen MR) is 119 cm³/mol. The van der Waals surface area contributed by atoms with Crippen LogP contribution >= 0.6 is 0 Å². The highest BCUT2D eigenvalue weighted by Crippen LogP contribution is 2.35. The Morgan fingerprint density at radius 1 is 1.10 bits per heavy atom. The summed E-state index contributed by atoms with van der Waals surface area (Å²) in [6.07, 6.45) is 1.81. The minimum atomic E-state index is -0.0405. The maximum Gasteiger partial charge on any atom is 0.257 e. The standard InChI is InChI=1S/C24H29N3O3/c1-6-26(15-17(2)3)24(28)21-16-27(18-10-8-7-9-11-18)25-23(21)20-13-12-19(29-4)14-22(20)30-5/h7-14,16-17H,6,15H2,1-5H3. The summed E-state index contributed by atoms with van der Waals surface area (Å²) in [4.78, 5) is 15.3. The van der Waals surface area contributed by atoms with Gasteiger partial charge in [0.1, 0.15) is 17.2 Å². The molecule has 3 aromatic rings. The molecule has 0 unspecified atom stereocenters. The molecule has 1 heterocycles. The minimum absolute atomic E-state index is 0.0405. The Hall–Kier alpha value is -3.28. The molecule has 3 rings (SSSR count). The van der Waals surface area contributed by atoms with Crippen LogP contribution in [-0.2, 0) is 0 Å². The van der Waals surface area contributed by atoms with Gasteiger partial charge in [-0.3, -0.25) is 4.79 Å². The van der Waals surface area contributed by atoms with Gasteiger partial charge in [0.2, 0.25) is 0 Å². The van der Waals surface area contributed by atoms with Crippen LogP contribution in [0.15, 0.2) is 54.7 Å². The van der Waals surface area contributed by atoms with Gasteiger partial charge in [0.05, 0.1) is 25.5 Å². The smallest absolute Gasteiger partial charge is 0.257 e. The van der Waals surface area contributed by atoms with Crippen molar-refractivity contribution in [2.45, 2.75) is 20.8 Å². The first-order valence-corrected chi connectivity index (χ1v) is 10.1. The Morgan fingerprint density at radius 2 is 1.83 bits per heavy atom. The van der Waals surface area contributed by atoms with E-state index < -0.39 is 0 Å². The molecule has 6 heteroatoms. The van der Waals surface area contributed by atoms with Crippen LogP contribution < -0.4 is 9.47 Å². The van der Waals surface area contributed by atoms with E-state index in [9.17, 15) is 4.79 Å². The summed E-state index contributed by atoms with van der Waals surface area (Å²) in [7, 11) is 3.21. The van der Waals surface area contributed by atoms with Gasteiger partial charge >= 0.3 is 0 Å². The van der Waals surface area contributed by atoms with E-state index in [4.69, 9.17) is 14.6 Å². The molecule has 30 heavy (non-hydrogen) atoms. The first-order chi connectivity index (χ1) is 14.5. The molecule has 0 aliphatic heterocycles. The summed E-state index contributed by atoms with van der Waals surface area (Å²) < 4.78 is 12.7. The van der Waals surface area contributed by atoms with Crippen molar-refractivity contribution in [3.63, 3.8) is 0 Å². The van der Waals surface area contributed by atoms with Gasteiger partial charge in [-0.1, -0.05) is 32.0 Å². The topological polar surface area (TPSA) is 56.6 Å². The second kappa shape index (κ2) is 9.48. The number of nitrogens with zero attached hydrogens (tertiary/aromatic N) is 3. The van der Waals surface area contributed by atoms with Crippen LogP contribution in [0.5, 0.6) is 11.5 Å². The zero-order valence-electron chi connectivity index (χ0n) is 18.3. The Balaban J connectivity index is 2.16. The Kier molecular flexibility index (Phi) is 6.77. The van der Waals surface area contributed by atoms with Crippen molar-refractivity contribution in [2.75, 3.05) is 27.3 Å². The van der Waals surface area contributed by atoms with Crippen molar-refractivity contribution >= 4 is 5.91 Å². The highest BCUT2D eigenvalue weighted by molar-refractivity contribution is 6.00. The second-order valence-electron chi connectivity index (χ2n) is 7.48. The van der Waals surface area contributed by atoms with Gasteiger partial charge < -0.3 is 14.4 Å². The summed E-state index contributed by atoms with van der Waals surface area (Å²) in [5.41, 5.74) is 2.77. The van der Waals surface area contributed by atoms with E-state index in [1.54, 1.807) is 31.2 Å². The third-order valence-corrected chi connectivity index (χ3v) is 4.88. The fourth-order valence-electron chi connectivity index (χ4n) is 3.40. The molecule has 0 N–H and O–H groups in total. The van der Waals surface area contributed by atoms with Gasteiger partial charge in [-0.15, -0.1) is 0 Å². The molecule has 0 bridgehead atoms. The quantitative estimate of drug-likeness (QED) is 0.544. The van der Waals surface area contributed by atoms with Crippen LogP contribution in [0.3, 0.4) is 0 Å². The number of hydrogen-bond donors (Lipinski definition) is 0. The summed E-state index contributed by atoms with van der Waals surface area (Å²) in [6.45, 7) is 7.53. The molecule has 1 aromatic heterocycles. The van der Waals surface area contributed by atoms with Crippen molar-refractivity contribution in [1.82, 2.24) is 14.7 Å². The summed E-state index contributed by atoms with van der Waals surface area (Å²) in [6, 6.07) is 15.3. The summed E-state index contributed by atoms with van der Waals surface area (Å²) in [5, 5.41) is 4.78. The second-order valence-corrected chi connectivity index (χ2v) is 7.48. The molecule has 0 aliphatic carbocycles. The molecule has 0 atom stereocenters. The number of aromatic nitrogens is 2. The average Bonchev–Trinajstić information content (AvgIpc) is 3.22. The minimum Gasteiger partial charge on any atom is -0.497 e. The molecule has 0 spiro atoms. The third-order valence-electron chi connectivity index (χ3n) is 4.88. The fourth-order valence-corrected chi connectivity index (χ4v) is 3.40. The van der Waals surface area contributed by atoms with Gasteiger partial charge in [0, 0.05) is 30.9 Å². The number of carbonyl (C=O) groups excluding carboxylic acids is 1. The Bertz CT molecular complexity index is 996. The first-order valence-electron chi connectivity index (χ1n) is 10.1. The van der Waals surface area contributed by atoms with Crippen molar-refractivity contribution < 1.29 is 14.3 Å². The SMILES string of the molecule is CCN(CC(C)C)C(=O)c1cn(-c2ccccc2)nc1-c1ccc(OC)cc1OC. The van der Waals surface area contributed by atoms with Crippen LogP contribution in [0.4, 0.5) is 0 Å². The lowest BCUT2D eigenvalue weighted by Crippen LogP contribution is -2.34. The Morgan fingerprint density at radius 3 is 2.43 bits per heavy atom. The third kappa shape index (κ3) is 4.48. The van der Waals surface area contributed by atoms with E-state index in [2.05, 4.69) is 13.8 Å². The molecule has 0 saturated carbocycles. The van der Waals surface area contributed by atoms with Crippen molar-refractivity contribution in [3.8, 4) is 28.4 Å². The number of amides is 1. The molecule has 0 radical (unpaired) electrons. The van der Waals surface area contributed by atoms with Crippen LogP contribution in [0, 0.1) is 5.92 Å². The van der Waals surface area contributed by atoms with Crippen LogP contribution in [-0.4, -0.2) is 47.9 Å². The monoisotopic (exact) mass is 407 g/mol. The maximum absolute atomic E-state index is 13.5. The summed E-state index contributed by atoms with van der Waals surface area (Å²) in [5.74, 6) is 1.62. The molecule has 0 aliphatic rings. The largest absolute Gasteiger partial charge is 0.497 e. The molecular formula is C24H29N3O3. The number of rotatable bonds is 8. The number of hydrogen-bond acceptors (Lipinski definition) is 4. The van der Waals surface area contributed by atoms with E-state index in [0.717, 1.165) is 11.3 Å². The van der Waals surface area contributed by atoms with E-state index in [-0.39, 0.29) is 5.91 Å². The number of benzene rings is 2. The highest BCUT2D eigenvalue weighted by Gasteiger charge is 2.25. The molecule has 158 valence electrons. The van der Waals surface area contributed by atoms with Crippen LogP contribution in [0.2, 0.25) is 0 Å². The zero-order valence-corrected chi connectivity index (χ0v) is 18.3. The van der Waals surface area contributed by atoms with Gasteiger partial charge in [-0.2, -0.15) is 5.10 Å². The first kappa shape index (κ1) is 21.4. The highest BCUT2D eigenvalue weighted by atomic mass is 16.5. The van der Waals surface area contributed by atoms with Gasteiger partial charge in [0.15, 0.2) is 0 Å². The fraction of sp³-hybridized carbons (Fsp3) is 0.333. The van der Waals surface area contributed by atoms with Gasteiger partial charge in [-0.05, 0) is 37.1 Å². The van der Waals surface area contributed by atoms with E-state index in [0.29, 0.717) is 41.8 Å². The maximum atomic E-state index is 13.5. The van der Waals surface area contributed by atoms with Crippen molar-refractivity contribution in [2.24, 2.45) is 5.92 Å². The van der Waals surface area contributed by atoms with E-state index >= 15 is 0 Å². The zero-order chi connectivity index (χ0) is 21.7. The molecule has 0 saturated heterocycles. The number of methoxy groups -OCH3 is 2. The van der Waals surface area contributed by atoms with E-state index in [1.807, 2.05) is 54.3 Å². The lowest BCUT2D eigenvalue weighted by Gasteiger charge is -2.23. The summed E-state index contributed by atoms with van der Waals surface area (Å²) >= 11 is 0. The van der Waals surface area contributed by atoms with Crippen LogP contribution in [0.25, 0.3) is 16.9 Å². The molecule has 6 nitrogen and oxygen atoms in total. The normalized spacial score (nSPS) is 10.9. The molecule has 0 fully saturated rings. The van der Waals surface area contributed by atoms with Crippen molar-refractivity contribution in [3.05, 3.63) is 60.3 Å². The number of para-hydroxylation sites is 1. The lowest BCUT2D eigenvalue weighted by atomic mass is 10.1. The predicted octanol–water partition coefficient (Wildman–Crippen LogP) is 4.67. The Labute approximate surface area is 178 Å². The molecule has 1 amide bonds. The lowest BCUT2D eigenvalue weighted by molar-refractivity contribution is 0.0746. The molecular weight excluding hydrogens is 378 g/mol. The van der Waals surface area contributed by atoms with Crippen LogP contribution in [0.1, 0.15) is 31.1 Å². The van der Waals surface area contributed by atoms with Crippen molar-refractivity contribution in [1.29, 1.82) is 0 Å². The van der Waals surface area contributed by atoms with E-state index in [1.165, 1.54) is 0 Å².